The normalized spacial score (nSPS) is 23.6. The number of nitrogens with zero attached hydrogens (tertiary/aromatic N) is 2. The Morgan fingerprint density at radius 3 is 2.89 bits per heavy atom. The average molecular weight is 314 g/mol. The molecule has 1 aliphatic heterocycles. The van der Waals surface area contributed by atoms with Crippen molar-refractivity contribution < 1.29 is 9.66 Å². The second kappa shape index (κ2) is 4.66. The summed E-state index contributed by atoms with van der Waals surface area (Å²) >= 11 is 3.26. The lowest BCUT2D eigenvalue weighted by Gasteiger charge is -2.30. The van der Waals surface area contributed by atoms with Crippen LogP contribution in [0, 0.1) is 10.1 Å². The fourth-order valence-electron chi connectivity index (χ4n) is 1.87. The molecule has 0 fully saturated rings. The number of aliphatic imine (C=N–C) groups is 1. The number of hydrogen-bond donors (Lipinski definition) is 1. The van der Waals surface area contributed by atoms with Crippen LogP contribution in [0.15, 0.2) is 27.7 Å². The van der Waals surface area contributed by atoms with E-state index in [9.17, 15) is 10.1 Å². The Kier molecular flexibility index (Phi) is 3.36. The number of hydrogen-bond acceptors (Lipinski definition) is 5. The van der Waals surface area contributed by atoms with E-state index in [1.165, 1.54) is 12.1 Å². The summed E-state index contributed by atoms with van der Waals surface area (Å²) < 4.78 is 5.98. The number of ether oxygens (including phenoxy) is 1. The predicted molar refractivity (Wildman–Crippen MR) is 70.6 cm³/mol. The highest BCUT2D eigenvalue weighted by molar-refractivity contribution is 9.10. The Bertz CT molecular complexity index is 532. The van der Waals surface area contributed by atoms with Gasteiger partial charge >= 0.3 is 0 Å². The van der Waals surface area contributed by atoms with E-state index >= 15 is 0 Å². The SMILES string of the molecule is C[C@@]1(c2cc(Br)cc([N+](=O)[O-])c2)COCC(N)=N1. The minimum absolute atomic E-state index is 0.0138. The third kappa shape index (κ3) is 2.51. The van der Waals surface area contributed by atoms with E-state index in [1.54, 1.807) is 6.07 Å². The van der Waals surface area contributed by atoms with Gasteiger partial charge in [0.1, 0.15) is 18.0 Å². The van der Waals surface area contributed by atoms with Crippen molar-refractivity contribution in [3.63, 3.8) is 0 Å². The molecular weight excluding hydrogens is 302 g/mol. The smallest absolute Gasteiger partial charge is 0.270 e. The van der Waals surface area contributed by atoms with Crippen molar-refractivity contribution in [1.82, 2.24) is 0 Å². The summed E-state index contributed by atoms with van der Waals surface area (Å²) in [5, 5.41) is 10.8. The molecule has 1 atom stereocenters. The van der Waals surface area contributed by atoms with Crippen molar-refractivity contribution in [2.24, 2.45) is 10.7 Å². The Labute approximate surface area is 112 Å². The maximum Gasteiger partial charge on any atom is 0.270 e. The van der Waals surface area contributed by atoms with Crippen LogP contribution in [0.2, 0.25) is 0 Å². The lowest BCUT2D eigenvalue weighted by molar-refractivity contribution is -0.385. The molecule has 7 heteroatoms. The van der Waals surface area contributed by atoms with Crippen LogP contribution in [-0.2, 0) is 10.3 Å². The molecule has 0 radical (unpaired) electrons. The molecule has 18 heavy (non-hydrogen) atoms. The van der Waals surface area contributed by atoms with Crippen LogP contribution < -0.4 is 5.73 Å². The van der Waals surface area contributed by atoms with E-state index in [4.69, 9.17) is 10.5 Å². The minimum Gasteiger partial charge on any atom is -0.386 e. The topological polar surface area (TPSA) is 90.8 Å². The highest BCUT2D eigenvalue weighted by atomic mass is 79.9. The number of nitrogens with two attached hydrogens (primary N) is 1. The van der Waals surface area contributed by atoms with Gasteiger partial charge in [-0.1, -0.05) is 15.9 Å². The first-order valence-corrected chi connectivity index (χ1v) is 6.07. The standard InChI is InChI=1S/C11H12BrN3O3/c1-11(6-18-5-10(13)14-11)7-2-8(12)4-9(3-7)15(16)17/h2-4H,5-6H2,1H3,(H2,13,14)/t11-/m0/s1. The summed E-state index contributed by atoms with van der Waals surface area (Å²) in [6, 6.07) is 4.73. The molecule has 96 valence electrons. The molecule has 1 heterocycles. The molecule has 0 saturated carbocycles. The third-order valence-electron chi connectivity index (χ3n) is 2.74. The van der Waals surface area contributed by atoms with E-state index in [-0.39, 0.29) is 5.69 Å². The van der Waals surface area contributed by atoms with Gasteiger partial charge in [0.2, 0.25) is 0 Å². The number of rotatable bonds is 2. The zero-order chi connectivity index (χ0) is 13.3. The maximum absolute atomic E-state index is 10.8. The maximum atomic E-state index is 10.8. The van der Waals surface area contributed by atoms with Crippen LogP contribution >= 0.6 is 15.9 Å². The number of benzene rings is 1. The molecule has 1 aromatic carbocycles. The molecule has 6 nitrogen and oxygen atoms in total. The van der Waals surface area contributed by atoms with E-state index in [1.807, 2.05) is 6.92 Å². The zero-order valence-corrected chi connectivity index (χ0v) is 11.3. The number of nitro groups is 1. The second-order valence-corrected chi connectivity index (χ2v) is 5.24. The van der Waals surface area contributed by atoms with E-state index in [0.29, 0.717) is 29.1 Å². The first kappa shape index (κ1) is 13.0. The van der Waals surface area contributed by atoms with Crippen molar-refractivity contribution in [3.8, 4) is 0 Å². The van der Waals surface area contributed by atoms with Crippen molar-refractivity contribution in [3.05, 3.63) is 38.3 Å². The van der Waals surface area contributed by atoms with Crippen LogP contribution in [0.5, 0.6) is 0 Å². The van der Waals surface area contributed by atoms with Gasteiger partial charge in [0.05, 0.1) is 11.5 Å². The molecule has 1 aliphatic rings. The van der Waals surface area contributed by atoms with Crippen LogP contribution in [0.3, 0.4) is 0 Å². The molecule has 0 unspecified atom stereocenters. The van der Waals surface area contributed by atoms with Gasteiger partial charge in [0.25, 0.3) is 5.69 Å². The fourth-order valence-corrected chi connectivity index (χ4v) is 2.36. The molecule has 0 aliphatic carbocycles. The third-order valence-corrected chi connectivity index (χ3v) is 3.20. The summed E-state index contributed by atoms with van der Waals surface area (Å²) in [6.07, 6.45) is 0. The molecule has 0 amide bonds. The Morgan fingerprint density at radius 2 is 2.28 bits per heavy atom. The first-order chi connectivity index (χ1) is 8.40. The number of halogens is 1. The largest absolute Gasteiger partial charge is 0.386 e. The lowest BCUT2D eigenvalue weighted by atomic mass is 9.92. The number of nitro benzene ring substituents is 1. The number of non-ortho nitro benzene ring substituents is 1. The molecule has 0 aromatic heterocycles. The molecule has 0 bridgehead atoms. The Hall–Kier alpha value is -1.47. The highest BCUT2D eigenvalue weighted by Crippen LogP contribution is 2.33. The van der Waals surface area contributed by atoms with Crippen molar-refractivity contribution in [1.29, 1.82) is 0 Å². The van der Waals surface area contributed by atoms with E-state index in [2.05, 4.69) is 20.9 Å². The predicted octanol–water partition coefficient (Wildman–Crippen LogP) is 1.96. The van der Waals surface area contributed by atoms with Gasteiger partial charge in [0.15, 0.2) is 0 Å². The zero-order valence-electron chi connectivity index (χ0n) is 9.72. The minimum atomic E-state index is -0.684. The Morgan fingerprint density at radius 1 is 1.56 bits per heavy atom. The van der Waals surface area contributed by atoms with Gasteiger partial charge in [0, 0.05) is 16.6 Å². The van der Waals surface area contributed by atoms with Gasteiger partial charge in [-0.3, -0.25) is 15.1 Å². The molecule has 1 aromatic rings. The van der Waals surface area contributed by atoms with E-state index in [0.717, 1.165) is 0 Å². The van der Waals surface area contributed by atoms with Gasteiger partial charge in [-0.05, 0) is 18.6 Å². The first-order valence-electron chi connectivity index (χ1n) is 5.28. The van der Waals surface area contributed by atoms with Gasteiger partial charge in [-0.15, -0.1) is 0 Å². The summed E-state index contributed by atoms with van der Waals surface area (Å²) in [6.45, 7) is 2.48. The molecular formula is C11H12BrN3O3. The fraction of sp³-hybridized carbons (Fsp3) is 0.364. The van der Waals surface area contributed by atoms with Gasteiger partial charge in [-0.2, -0.15) is 0 Å². The van der Waals surface area contributed by atoms with Crippen LogP contribution in [0.25, 0.3) is 0 Å². The van der Waals surface area contributed by atoms with Crippen molar-refractivity contribution in [2.75, 3.05) is 13.2 Å². The van der Waals surface area contributed by atoms with Crippen LogP contribution in [0.1, 0.15) is 12.5 Å². The van der Waals surface area contributed by atoms with E-state index < -0.39 is 10.5 Å². The summed E-state index contributed by atoms with van der Waals surface area (Å²) in [7, 11) is 0. The van der Waals surface area contributed by atoms with Crippen molar-refractivity contribution >= 4 is 27.5 Å². The quantitative estimate of drug-likeness (QED) is 0.667. The van der Waals surface area contributed by atoms with Crippen LogP contribution in [0.4, 0.5) is 5.69 Å². The average Bonchev–Trinajstić information content (AvgIpc) is 2.27. The molecule has 2 N–H and O–H groups in total. The Balaban J connectivity index is 2.50. The van der Waals surface area contributed by atoms with Crippen molar-refractivity contribution in [2.45, 2.75) is 12.5 Å². The molecule has 0 spiro atoms. The van der Waals surface area contributed by atoms with Gasteiger partial charge in [-0.25, -0.2) is 0 Å². The highest BCUT2D eigenvalue weighted by Gasteiger charge is 2.31. The monoisotopic (exact) mass is 313 g/mol. The number of amidine groups is 1. The molecule has 2 rings (SSSR count). The second-order valence-electron chi connectivity index (χ2n) is 4.33. The summed E-state index contributed by atoms with van der Waals surface area (Å²) in [4.78, 5) is 14.8. The summed E-state index contributed by atoms with van der Waals surface area (Å²) in [5.41, 5.74) is 5.69. The summed E-state index contributed by atoms with van der Waals surface area (Å²) in [5.74, 6) is 0.395. The molecule has 0 saturated heterocycles. The van der Waals surface area contributed by atoms with Crippen LogP contribution in [-0.4, -0.2) is 24.0 Å². The lowest BCUT2D eigenvalue weighted by Crippen LogP contribution is -2.37. The van der Waals surface area contributed by atoms with Gasteiger partial charge < -0.3 is 10.5 Å².